The Kier molecular flexibility index (Phi) is 4.05. The van der Waals surface area contributed by atoms with Gasteiger partial charge in [-0.2, -0.15) is 0 Å². The maximum atomic E-state index is 13.7. The molecular weight excluding hydrogens is 283 g/mol. The first-order valence-electron chi connectivity index (χ1n) is 5.92. The zero-order valence-corrected chi connectivity index (χ0v) is 11.7. The number of imidazole rings is 1. The van der Waals surface area contributed by atoms with Crippen LogP contribution >= 0.6 is 0 Å². The lowest BCUT2D eigenvalue weighted by Crippen LogP contribution is -2.27. The average Bonchev–Trinajstić information content (AvgIpc) is 2.86. The Hall–Kier alpha value is -1.93. The van der Waals surface area contributed by atoms with Crippen molar-refractivity contribution in [2.75, 3.05) is 12.3 Å². The molecule has 1 aromatic carbocycles. The fourth-order valence-electron chi connectivity index (χ4n) is 1.69. The Morgan fingerprint density at radius 2 is 2.20 bits per heavy atom. The highest BCUT2D eigenvalue weighted by molar-refractivity contribution is 7.89. The van der Waals surface area contributed by atoms with Crippen molar-refractivity contribution >= 4 is 15.7 Å². The van der Waals surface area contributed by atoms with Crippen LogP contribution in [0.2, 0.25) is 0 Å². The van der Waals surface area contributed by atoms with E-state index in [1.807, 2.05) is 0 Å². The van der Waals surface area contributed by atoms with Gasteiger partial charge in [0.15, 0.2) is 0 Å². The minimum atomic E-state index is -3.92. The van der Waals surface area contributed by atoms with E-state index in [1.165, 1.54) is 6.33 Å². The highest BCUT2D eigenvalue weighted by atomic mass is 32.2. The summed E-state index contributed by atoms with van der Waals surface area (Å²) in [6.07, 6.45) is 3.53. The van der Waals surface area contributed by atoms with Crippen molar-refractivity contribution < 1.29 is 12.8 Å². The maximum Gasteiger partial charge on any atom is 0.243 e. The van der Waals surface area contributed by atoms with E-state index in [2.05, 4.69) is 14.7 Å². The number of aryl methyl sites for hydroxylation is 1. The van der Waals surface area contributed by atoms with Crippen LogP contribution in [0.4, 0.5) is 10.1 Å². The Balaban J connectivity index is 2.12. The molecule has 0 fully saturated rings. The quantitative estimate of drug-likeness (QED) is 0.716. The number of nitrogens with one attached hydrogen (secondary N) is 2. The number of nitrogens with two attached hydrogens (primary N) is 1. The second kappa shape index (κ2) is 5.59. The molecule has 108 valence electrons. The van der Waals surface area contributed by atoms with Crippen LogP contribution in [0.1, 0.15) is 11.3 Å². The lowest BCUT2D eigenvalue weighted by molar-refractivity contribution is 0.556. The number of hydrogen-bond acceptors (Lipinski definition) is 4. The number of halogens is 1. The molecule has 4 N–H and O–H groups in total. The minimum Gasteiger partial charge on any atom is -0.398 e. The van der Waals surface area contributed by atoms with Crippen molar-refractivity contribution in [1.29, 1.82) is 0 Å². The summed E-state index contributed by atoms with van der Waals surface area (Å²) in [5.41, 5.74) is 7.14. The van der Waals surface area contributed by atoms with Gasteiger partial charge >= 0.3 is 0 Å². The van der Waals surface area contributed by atoms with Crippen molar-refractivity contribution in [3.05, 3.63) is 41.7 Å². The molecule has 0 aliphatic carbocycles. The summed E-state index contributed by atoms with van der Waals surface area (Å²) < 4.78 is 40.1. The number of benzene rings is 1. The molecule has 0 saturated carbocycles. The summed E-state index contributed by atoms with van der Waals surface area (Å²) in [7, 11) is -3.92. The lowest BCUT2D eigenvalue weighted by Gasteiger charge is -2.09. The number of H-pyrrole nitrogens is 1. The number of aromatic amines is 1. The zero-order chi connectivity index (χ0) is 14.8. The van der Waals surface area contributed by atoms with Crippen LogP contribution in [0.5, 0.6) is 0 Å². The number of nitrogen functional groups attached to an aromatic ring is 1. The molecule has 1 aromatic heterocycles. The first kappa shape index (κ1) is 14.5. The predicted molar refractivity (Wildman–Crippen MR) is 73.0 cm³/mol. The zero-order valence-electron chi connectivity index (χ0n) is 10.9. The van der Waals surface area contributed by atoms with Gasteiger partial charge in [0.25, 0.3) is 0 Å². The molecule has 2 aromatic rings. The third-order valence-electron chi connectivity index (χ3n) is 2.85. The van der Waals surface area contributed by atoms with Crippen LogP contribution in [0.15, 0.2) is 29.6 Å². The van der Waals surface area contributed by atoms with Crippen LogP contribution in [0.25, 0.3) is 0 Å². The smallest absolute Gasteiger partial charge is 0.243 e. The summed E-state index contributed by atoms with van der Waals surface area (Å²) in [6.45, 7) is 1.75. The molecule has 0 atom stereocenters. The topological polar surface area (TPSA) is 101 Å². The summed E-state index contributed by atoms with van der Waals surface area (Å²) in [4.78, 5) is 6.23. The molecule has 0 radical (unpaired) electrons. The number of anilines is 1. The highest BCUT2D eigenvalue weighted by Crippen LogP contribution is 2.21. The summed E-state index contributed by atoms with van der Waals surface area (Å²) in [6, 6.07) is 2.24. The molecule has 0 unspecified atom stereocenters. The number of hydrogen-bond donors (Lipinski definition) is 3. The molecule has 0 bridgehead atoms. The Bertz CT molecular complexity index is 698. The largest absolute Gasteiger partial charge is 0.398 e. The predicted octanol–water partition coefficient (Wildman–Crippen LogP) is 0.960. The van der Waals surface area contributed by atoms with Crippen molar-refractivity contribution in [1.82, 2.24) is 14.7 Å². The fourth-order valence-corrected chi connectivity index (χ4v) is 2.82. The fraction of sp³-hybridized carbons (Fsp3) is 0.250. The molecule has 0 aliphatic heterocycles. The van der Waals surface area contributed by atoms with Gasteiger partial charge in [0.1, 0.15) is 10.7 Å². The lowest BCUT2D eigenvalue weighted by atomic mass is 10.2. The van der Waals surface area contributed by atoms with E-state index in [-0.39, 0.29) is 12.2 Å². The number of nitrogens with zero attached hydrogens (tertiary/aromatic N) is 1. The summed E-state index contributed by atoms with van der Waals surface area (Å²) in [5, 5.41) is 0. The number of rotatable bonds is 5. The Morgan fingerprint density at radius 1 is 1.45 bits per heavy atom. The molecule has 1 heterocycles. The van der Waals surface area contributed by atoms with Crippen molar-refractivity contribution in [3.8, 4) is 0 Å². The highest BCUT2D eigenvalue weighted by Gasteiger charge is 2.19. The van der Waals surface area contributed by atoms with E-state index in [1.54, 1.807) is 13.1 Å². The number of sulfonamides is 1. The second-order valence-electron chi connectivity index (χ2n) is 4.36. The van der Waals surface area contributed by atoms with Crippen molar-refractivity contribution in [2.24, 2.45) is 0 Å². The van der Waals surface area contributed by atoms with Crippen LogP contribution in [0, 0.1) is 12.7 Å². The Morgan fingerprint density at radius 3 is 2.85 bits per heavy atom. The van der Waals surface area contributed by atoms with Gasteiger partial charge in [-0.25, -0.2) is 22.5 Å². The van der Waals surface area contributed by atoms with E-state index >= 15 is 0 Å². The van der Waals surface area contributed by atoms with Gasteiger partial charge in [0.05, 0.1) is 6.33 Å². The van der Waals surface area contributed by atoms with E-state index in [0.29, 0.717) is 12.0 Å². The normalized spacial score (nSPS) is 11.7. The third-order valence-corrected chi connectivity index (χ3v) is 4.33. The SMILES string of the molecule is Cc1cc(F)c(S(=O)(=O)NCCc2cnc[nH]2)cc1N. The van der Waals surface area contributed by atoms with E-state index in [0.717, 1.165) is 17.8 Å². The summed E-state index contributed by atoms with van der Waals surface area (Å²) in [5.74, 6) is -0.814. The first-order chi connectivity index (χ1) is 9.40. The van der Waals surface area contributed by atoms with Gasteiger partial charge in [-0.15, -0.1) is 0 Å². The molecule has 6 nitrogen and oxygen atoms in total. The molecular formula is C12H15FN4O2S. The van der Waals surface area contributed by atoms with E-state index in [4.69, 9.17) is 5.73 Å². The average molecular weight is 298 g/mol. The first-order valence-corrected chi connectivity index (χ1v) is 7.41. The van der Waals surface area contributed by atoms with Gasteiger partial charge in [0, 0.05) is 30.5 Å². The third kappa shape index (κ3) is 3.14. The molecule has 0 amide bonds. The summed E-state index contributed by atoms with van der Waals surface area (Å²) >= 11 is 0. The maximum absolute atomic E-state index is 13.7. The number of aromatic nitrogens is 2. The van der Waals surface area contributed by atoms with Gasteiger partial charge < -0.3 is 10.7 Å². The van der Waals surface area contributed by atoms with E-state index in [9.17, 15) is 12.8 Å². The molecule has 0 saturated heterocycles. The van der Waals surface area contributed by atoms with Crippen LogP contribution < -0.4 is 10.5 Å². The van der Waals surface area contributed by atoms with Gasteiger partial charge in [-0.05, 0) is 24.6 Å². The molecule has 8 heteroatoms. The van der Waals surface area contributed by atoms with Crippen LogP contribution in [-0.2, 0) is 16.4 Å². The standard InChI is InChI=1S/C12H15FN4O2S/c1-8-4-10(13)12(5-11(8)14)20(18,19)17-3-2-9-6-15-7-16-9/h4-7,17H,2-3,14H2,1H3,(H,15,16). The molecule has 0 aliphatic rings. The van der Waals surface area contributed by atoms with Crippen LogP contribution in [-0.4, -0.2) is 24.9 Å². The Labute approximate surface area is 116 Å². The van der Waals surface area contributed by atoms with E-state index < -0.39 is 20.7 Å². The van der Waals surface area contributed by atoms with Gasteiger partial charge in [0.2, 0.25) is 10.0 Å². The van der Waals surface area contributed by atoms with Crippen molar-refractivity contribution in [3.63, 3.8) is 0 Å². The molecule has 2 rings (SSSR count). The van der Waals surface area contributed by atoms with Crippen molar-refractivity contribution in [2.45, 2.75) is 18.2 Å². The minimum absolute atomic E-state index is 0.137. The monoisotopic (exact) mass is 298 g/mol. The van der Waals surface area contributed by atoms with Gasteiger partial charge in [-0.3, -0.25) is 0 Å². The molecule has 20 heavy (non-hydrogen) atoms. The second-order valence-corrected chi connectivity index (χ2v) is 6.10. The molecule has 0 spiro atoms. The van der Waals surface area contributed by atoms with Crippen LogP contribution in [0.3, 0.4) is 0 Å². The van der Waals surface area contributed by atoms with Gasteiger partial charge in [-0.1, -0.05) is 0 Å².